The van der Waals surface area contributed by atoms with Gasteiger partial charge in [-0.05, 0) is 24.6 Å². The van der Waals surface area contributed by atoms with Crippen molar-refractivity contribution >= 4 is 0 Å². The molecular formula is C12H15N3O3. The zero-order chi connectivity index (χ0) is 13.1. The summed E-state index contributed by atoms with van der Waals surface area (Å²) in [6.45, 7) is 2.00. The van der Waals surface area contributed by atoms with Crippen molar-refractivity contribution in [1.82, 2.24) is 10.1 Å². The highest BCUT2D eigenvalue weighted by atomic mass is 16.5. The first-order valence-electron chi connectivity index (χ1n) is 5.52. The van der Waals surface area contributed by atoms with E-state index in [-0.39, 0.29) is 12.4 Å². The van der Waals surface area contributed by atoms with Crippen LogP contribution in [0.3, 0.4) is 0 Å². The van der Waals surface area contributed by atoms with Crippen molar-refractivity contribution in [3.8, 4) is 17.1 Å². The summed E-state index contributed by atoms with van der Waals surface area (Å²) in [5, 5.41) is 13.3. The van der Waals surface area contributed by atoms with Crippen molar-refractivity contribution < 1.29 is 14.4 Å². The molecule has 0 aliphatic carbocycles. The third-order valence-corrected chi connectivity index (χ3v) is 2.55. The van der Waals surface area contributed by atoms with Gasteiger partial charge in [0, 0.05) is 6.54 Å². The van der Waals surface area contributed by atoms with E-state index in [1.54, 1.807) is 7.11 Å². The Hall–Kier alpha value is -1.92. The van der Waals surface area contributed by atoms with E-state index in [0.717, 1.165) is 5.56 Å². The molecular weight excluding hydrogens is 234 g/mol. The number of aromatic nitrogens is 2. The normalized spacial score (nSPS) is 12.4. The average molecular weight is 249 g/mol. The quantitative estimate of drug-likeness (QED) is 0.840. The van der Waals surface area contributed by atoms with Gasteiger partial charge in [-0.1, -0.05) is 11.2 Å². The fourth-order valence-corrected chi connectivity index (χ4v) is 1.56. The van der Waals surface area contributed by atoms with E-state index in [9.17, 15) is 5.11 Å². The van der Waals surface area contributed by atoms with Crippen molar-refractivity contribution in [2.75, 3.05) is 13.7 Å². The third kappa shape index (κ3) is 2.34. The molecule has 1 atom stereocenters. The molecule has 1 aromatic carbocycles. The molecule has 0 amide bonds. The van der Waals surface area contributed by atoms with Crippen molar-refractivity contribution in [3.05, 3.63) is 29.7 Å². The number of aliphatic hydroxyl groups is 1. The first-order valence-corrected chi connectivity index (χ1v) is 5.52. The van der Waals surface area contributed by atoms with Gasteiger partial charge in [-0.3, -0.25) is 0 Å². The van der Waals surface area contributed by atoms with Crippen LogP contribution in [-0.4, -0.2) is 28.9 Å². The highest BCUT2D eigenvalue weighted by Gasteiger charge is 2.17. The molecule has 1 aromatic heterocycles. The minimum atomic E-state index is -0.942. The third-order valence-electron chi connectivity index (χ3n) is 2.55. The average Bonchev–Trinajstić information content (AvgIpc) is 2.87. The van der Waals surface area contributed by atoms with Gasteiger partial charge in [-0.25, -0.2) is 0 Å². The first-order chi connectivity index (χ1) is 8.65. The van der Waals surface area contributed by atoms with E-state index in [1.807, 2.05) is 25.1 Å². The van der Waals surface area contributed by atoms with Gasteiger partial charge in [0.05, 0.1) is 12.7 Å². The molecule has 0 saturated carbocycles. The SMILES string of the molecule is COc1cc(C)ccc1-c1noc(C(O)CN)n1. The van der Waals surface area contributed by atoms with Gasteiger partial charge in [0.25, 0.3) is 5.89 Å². The van der Waals surface area contributed by atoms with Crippen LogP contribution in [0.15, 0.2) is 22.7 Å². The van der Waals surface area contributed by atoms with E-state index in [2.05, 4.69) is 10.1 Å². The minimum Gasteiger partial charge on any atom is -0.496 e. The number of hydrogen-bond donors (Lipinski definition) is 2. The van der Waals surface area contributed by atoms with Crippen molar-refractivity contribution in [1.29, 1.82) is 0 Å². The Morgan fingerprint density at radius 2 is 2.28 bits per heavy atom. The second kappa shape index (κ2) is 5.16. The van der Waals surface area contributed by atoms with Crippen molar-refractivity contribution in [2.24, 2.45) is 5.73 Å². The van der Waals surface area contributed by atoms with Gasteiger partial charge in [0.2, 0.25) is 5.82 Å². The number of nitrogens with zero attached hydrogens (tertiary/aromatic N) is 2. The van der Waals surface area contributed by atoms with Gasteiger partial charge >= 0.3 is 0 Å². The lowest BCUT2D eigenvalue weighted by atomic mass is 10.1. The fourth-order valence-electron chi connectivity index (χ4n) is 1.56. The molecule has 96 valence electrons. The number of methoxy groups -OCH3 is 1. The lowest BCUT2D eigenvalue weighted by Crippen LogP contribution is -2.11. The van der Waals surface area contributed by atoms with Crippen LogP contribution in [0.2, 0.25) is 0 Å². The minimum absolute atomic E-state index is 0.0344. The summed E-state index contributed by atoms with van der Waals surface area (Å²) in [6.07, 6.45) is -0.942. The largest absolute Gasteiger partial charge is 0.496 e. The van der Waals surface area contributed by atoms with E-state index >= 15 is 0 Å². The maximum atomic E-state index is 9.51. The van der Waals surface area contributed by atoms with Gasteiger partial charge in [-0.2, -0.15) is 4.98 Å². The summed E-state index contributed by atoms with van der Waals surface area (Å²) in [5.41, 5.74) is 7.11. The molecule has 1 heterocycles. The Morgan fingerprint density at radius 1 is 1.50 bits per heavy atom. The molecule has 0 bridgehead atoms. The number of benzene rings is 1. The van der Waals surface area contributed by atoms with Crippen LogP contribution in [0.25, 0.3) is 11.4 Å². The number of hydrogen-bond acceptors (Lipinski definition) is 6. The summed E-state index contributed by atoms with van der Waals surface area (Å²) in [6, 6.07) is 5.65. The lowest BCUT2D eigenvalue weighted by molar-refractivity contribution is 0.141. The predicted molar refractivity (Wildman–Crippen MR) is 65.0 cm³/mol. The Morgan fingerprint density at radius 3 is 2.94 bits per heavy atom. The van der Waals surface area contributed by atoms with Crippen LogP contribution in [-0.2, 0) is 0 Å². The van der Waals surface area contributed by atoms with E-state index in [0.29, 0.717) is 17.1 Å². The molecule has 0 spiro atoms. The molecule has 6 heteroatoms. The number of nitrogens with two attached hydrogens (primary N) is 1. The first kappa shape index (κ1) is 12.5. The summed E-state index contributed by atoms with van der Waals surface area (Å²) in [4.78, 5) is 4.10. The molecule has 0 saturated heterocycles. The van der Waals surface area contributed by atoms with Crippen LogP contribution >= 0.6 is 0 Å². The topological polar surface area (TPSA) is 94.4 Å². The van der Waals surface area contributed by atoms with Crippen LogP contribution in [0.4, 0.5) is 0 Å². The summed E-state index contributed by atoms with van der Waals surface area (Å²) in [5.74, 6) is 1.13. The molecule has 2 aromatic rings. The highest BCUT2D eigenvalue weighted by molar-refractivity contribution is 5.64. The standard InChI is InChI=1S/C12H15N3O3/c1-7-3-4-8(10(5-7)17-2)11-14-12(18-15-11)9(16)6-13/h3-5,9,16H,6,13H2,1-2H3. The zero-order valence-corrected chi connectivity index (χ0v) is 10.3. The summed E-state index contributed by atoms with van der Waals surface area (Å²) in [7, 11) is 1.58. The molecule has 0 aliphatic heterocycles. The Labute approximate surface area is 104 Å². The van der Waals surface area contributed by atoms with Crippen LogP contribution in [0, 0.1) is 6.92 Å². The van der Waals surface area contributed by atoms with Gasteiger partial charge in [0.15, 0.2) is 0 Å². The summed E-state index contributed by atoms with van der Waals surface area (Å²) >= 11 is 0. The molecule has 3 N–H and O–H groups in total. The van der Waals surface area contributed by atoms with E-state index < -0.39 is 6.10 Å². The van der Waals surface area contributed by atoms with Gasteiger partial charge < -0.3 is 20.1 Å². The Bertz CT molecular complexity index is 539. The monoisotopic (exact) mass is 249 g/mol. The predicted octanol–water partition coefficient (Wildman–Crippen LogP) is 1.05. The molecule has 2 rings (SSSR count). The maximum absolute atomic E-state index is 9.51. The van der Waals surface area contributed by atoms with Gasteiger partial charge in [-0.15, -0.1) is 0 Å². The molecule has 0 aliphatic rings. The van der Waals surface area contributed by atoms with Gasteiger partial charge in [0.1, 0.15) is 11.9 Å². The number of ether oxygens (including phenoxy) is 1. The molecule has 18 heavy (non-hydrogen) atoms. The Kier molecular flexibility index (Phi) is 3.59. The molecule has 6 nitrogen and oxygen atoms in total. The zero-order valence-electron chi connectivity index (χ0n) is 10.3. The van der Waals surface area contributed by atoms with Crippen LogP contribution < -0.4 is 10.5 Å². The summed E-state index contributed by atoms with van der Waals surface area (Å²) < 4.78 is 10.2. The highest BCUT2D eigenvalue weighted by Crippen LogP contribution is 2.29. The second-order valence-corrected chi connectivity index (χ2v) is 3.91. The number of aryl methyl sites for hydroxylation is 1. The second-order valence-electron chi connectivity index (χ2n) is 3.91. The lowest BCUT2D eigenvalue weighted by Gasteiger charge is -2.05. The van der Waals surface area contributed by atoms with Crippen molar-refractivity contribution in [3.63, 3.8) is 0 Å². The van der Waals surface area contributed by atoms with Crippen LogP contribution in [0.5, 0.6) is 5.75 Å². The number of rotatable bonds is 4. The van der Waals surface area contributed by atoms with E-state index in [1.165, 1.54) is 0 Å². The molecule has 0 radical (unpaired) electrons. The molecule has 1 unspecified atom stereocenters. The van der Waals surface area contributed by atoms with E-state index in [4.69, 9.17) is 15.0 Å². The van der Waals surface area contributed by atoms with Crippen molar-refractivity contribution in [2.45, 2.75) is 13.0 Å². The number of aliphatic hydroxyl groups excluding tert-OH is 1. The fraction of sp³-hybridized carbons (Fsp3) is 0.333. The maximum Gasteiger partial charge on any atom is 0.257 e. The molecule has 0 fully saturated rings. The smallest absolute Gasteiger partial charge is 0.257 e. The Balaban J connectivity index is 2.39. The van der Waals surface area contributed by atoms with Crippen LogP contribution in [0.1, 0.15) is 17.6 Å².